The zero-order chi connectivity index (χ0) is 10.8. The number of hydrogen-bond acceptors (Lipinski definition) is 3. The summed E-state index contributed by atoms with van der Waals surface area (Å²) in [6.45, 7) is 0. The van der Waals surface area contributed by atoms with Crippen LogP contribution in [0.2, 0.25) is 0 Å². The topological polar surface area (TPSA) is 38.9 Å². The van der Waals surface area contributed by atoms with Crippen LogP contribution < -0.4 is 0 Å². The Morgan fingerprint density at radius 3 is 2.87 bits per heavy atom. The monoisotopic (exact) mass is 338 g/mol. The smallest absolute Gasteiger partial charge is 0.259 e. The van der Waals surface area contributed by atoms with Gasteiger partial charge < -0.3 is 4.52 Å². The second-order valence-corrected chi connectivity index (χ2v) is 4.20. The van der Waals surface area contributed by atoms with E-state index in [0.717, 1.165) is 3.57 Å². The number of nitrogens with zero attached hydrogens (tertiary/aromatic N) is 2. The second-order valence-electron chi connectivity index (χ2n) is 2.77. The van der Waals surface area contributed by atoms with Gasteiger partial charge in [0.05, 0.1) is 11.4 Å². The molecule has 0 radical (unpaired) electrons. The van der Waals surface area contributed by atoms with E-state index < -0.39 is 0 Å². The summed E-state index contributed by atoms with van der Waals surface area (Å²) in [6.07, 6.45) is 0. The first kappa shape index (κ1) is 10.8. The van der Waals surface area contributed by atoms with Gasteiger partial charge in [-0.05, 0) is 40.8 Å². The molecule has 2 rings (SSSR count). The molecular formula is C9H5ClFIN2O. The maximum absolute atomic E-state index is 12.8. The molecule has 0 unspecified atom stereocenters. The van der Waals surface area contributed by atoms with Crippen LogP contribution in [0.1, 0.15) is 5.82 Å². The molecule has 3 nitrogen and oxygen atoms in total. The lowest BCUT2D eigenvalue weighted by molar-refractivity contribution is 0.424. The molecule has 2 aromatic rings. The fraction of sp³-hybridized carbons (Fsp3) is 0.111. The molecule has 0 spiro atoms. The predicted octanol–water partition coefficient (Wildman–Crippen LogP) is 3.22. The fourth-order valence-electron chi connectivity index (χ4n) is 1.08. The van der Waals surface area contributed by atoms with Crippen LogP contribution in [0.3, 0.4) is 0 Å². The third kappa shape index (κ3) is 2.28. The Morgan fingerprint density at radius 2 is 2.27 bits per heavy atom. The van der Waals surface area contributed by atoms with Crippen LogP contribution in [0.5, 0.6) is 0 Å². The van der Waals surface area contributed by atoms with Crippen molar-refractivity contribution in [3.05, 3.63) is 33.4 Å². The van der Waals surface area contributed by atoms with E-state index in [2.05, 4.69) is 10.1 Å². The molecule has 0 saturated carbocycles. The largest absolute Gasteiger partial charge is 0.334 e. The van der Waals surface area contributed by atoms with Crippen molar-refractivity contribution in [2.45, 2.75) is 5.88 Å². The minimum atomic E-state index is -0.291. The van der Waals surface area contributed by atoms with Crippen LogP contribution >= 0.6 is 34.2 Å². The van der Waals surface area contributed by atoms with Crippen molar-refractivity contribution in [1.29, 1.82) is 0 Å². The zero-order valence-corrected chi connectivity index (χ0v) is 10.3. The summed E-state index contributed by atoms with van der Waals surface area (Å²) in [6, 6.07) is 4.35. The number of aromatic nitrogens is 2. The highest BCUT2D eigenvalue weighted by Crippen LogP contribution is 2.24. The van der Waals surface area contributed by atoms with Crippen LogP contribution in [0.4, 0.5) is 4.39 Å². The molecule has 6 heteroatoms. The molecule has 1 heterocycles. The molecule has 0 fully saturated rings. The van der Waals surface area contributed by atoms with Gasteiger partial charge in [-0.3, -0.25) is 0 Å². The average molecular weight is 339 g/mol. The van der Waals surface area contributed by atoms with E-state index in [-0.39, 0.29) is 11.7 Å². The number of rotatable bonds is 2. The molecule has 1 aromatic heterocycles. The van der Waals surface area contributed by atoms with Crippen molar-refractivity contribution in [2.75, 3.05) is 0 Å². The van der Waals surface area contributed by atoms with Gasteiger partial charge in [-0.2, -0.15) is 4.98 Å². The summed E-state index contributed by atoms with van der Waals surface area (Å²) >= 11 is 7.56. The van der Waals surface area contributed by atoms with E-state index in [1.54, 1.807) is 6.07 Å². The Labute approximate surface area is 104 Å². The molecule has 78 valence electrons. The van der Waals surface area contributed by atoms with Crippen molar-refractivity contribution in [3.8, 4) is 11.5 Å². The molecule has 0 bridgehead atoms. The highest BCUT2D eigenvalue weighted by molar-refractivity contribution is 14.1. The third-order valence-electron chi connectivity index (χ3n) is 1.75. The first-order valence-electron chi connectivity index (χ1n) is 4.04. The van der Waals surface area contributed by atoms with Gasteiger partial charge >= 0.3 is 0 Å². The lowest BCUT2D eigenvalue weighted by Gasteiger charge is -1.97. The van der Waals surface area contributed by atoms with Gasteiger partial charge in [-0.15, -0.1) is 11.6 Å². The summed E-state index contributed by atoms with van der Waals surface area (Å²) in [5.41, 5.74) is 0.709. The number of hydrogen-bond donors (Lipinski definition) is 0. The van der Waals surface area contributed by atoms with Gasteiger partial charge in [0.2, 0.25) is 0 Å². The molecule has 0 aliphatic rings. The highest BCUT2D eigenvalue weighted by atomic mass is 127. The van der Waals surface area contributed by atoms with Crippen molar-refractivity contribution in [3.63, 3.8) is 0 Å². The molecule has 0 atom stereocenters. The van der Waals surface area contributed by atoms with Crippen LogP contribution in [0, 0.1) is 9.39 Å². The Kier molecular flexibility index (Phi) is 3.20. The molecule has 0 aliphatic carbocycles. The second kappa shape index (κ2) is 4.44. The van der Waals surface area contributed by atoms with Gasteiger partial charge in [0.25, 0.3) is 5.89 Å². The van der Waals surface area contributed by atoms with Crippen molar-refractivity contribution in [1.82, 2.24) is 10.1 Å². The summed E-state index contributed by atoms with van der Waals surface area (Å²) in [4.78, 5) is 4.05. The van der Waals surface area contributed by atoms with Crippen LogP contribution in [-0.2, 0) is 5.88 Å². The molecule has 1 aromatic carbocycles. The van der Waals surface area contributed by atoms with Gasteiger partial charge in [-0.25, -0.2) is 4.39 Å². The van der Waals surface area contributed by atoms with Crippen LogP contribution in [-0.4, -0.2) is 10.1 Å². The average Bonchev–Trinajstić information content (AvgIpc) is 2.66. The predicted molar refractivity (Wildman–Crippen MR) is 62.0 cm³/mol. The first-order chi connectivity index (χ1) is 7.20. The van der Waals surface area contributed by atoms with E-state index >= 15 is 0 Å². The van der Waals surface area contributed by atoms with Gasteiger partial charge in [0, 0.05) is 3.57 Å². The van der Waals surface area contributed by atoms with E-state index in [1.807, 2.05) is 22.6 Å². The Bertz CT molecular complexity index is 489. The lowest BCUT2D eigenvalue weighted by atomic mass is 10.2. The molecule has 0 saturated heterocycles. The maximum atomic E-state index is 12.8. The van der Waals surface area contributed by atoms with Gasteiger partial charge in [0.15, 0.2) is 5.82 Å². The normalized spacial score (nSPS) is 10.6. The number of alkyl halides is 1. The first-order valence-corrected chi connectivity index (χ1v) is 5.66. The fourth-order valence-corrected chi connectivity index (χ4v) is 1.90. The van der Waals surface area contributed by atoms with E-state index in [4.69, 9.17) is 16.1 Å². The van der Waals surface area contributed by atoms with Crippen LogP contribution in [0.25, 0.3) is 11.5 Å². The van der Waals surface area contributed by atoms with Gasteiger partial charge in [-0.1, -0.05) is 5.16 Å². The SMILES string of the molecule is Fc1ccc(-c2nc(CCl)no2)c(I)c1. The molecule has 0 N–H and O–H groups in total. The minimum absolute atomic E-state index is 0.196. The summed E-state index contributed by atoms with van der Waals surface area (Å²) in [5, 5.41) is 3.66. The molecule has 15 heavy (non-hydrogen) atoms. The Balaban J connectivity index is 2.44. The Hall–Kier alpha value is -0.690. The van der Waals surface area contributed by atoms with E-state index in [0.29, 0.717) is 17.3 Å². The molecular weight excluding hydrogens is 333 g/mol. The van der Waals surface area contributed by atoms with E-state index in [1.165, 1.54) is 12.1 Å². The van der Waals surface area contributed by atoms with Crippen molar-refractivity contribution < 1.29 is 8.91 Å². The highest BCUT2D eigenvalue weighted by Gasteiger charge is 2.11. The molecule has 0 aliphatic heterocycles. The standard InChI is InChI=1S/C9H5ClFIN2O/c10-4-8-13-9(15-14-8)6-2-1-5(11)3-7(6)12/h1-3H,4H2. The summed E-state index contributed by atoms with van der Waals surface area (Å²) in [7, 11) is 0. The van der Waals surface area contributed by atoms with Crippen LogP contribution in [0.15, 0.2) is 22.7 Å². The summed E-state index contributed by atoms with van der Waals surface area (Å²) in [5.74, 6) is 0.684. The van der Waals surface area contributed by atoms with E-state index in [9.17, 15) is 4.39 Å². The number of halogens is 3. The third-order valence-corrected chi connectivity index (χ3v) is 2.88. The quantitative estimate of drug-likeness (QED) is 0.623. The minimum Gasteiger partial charge on any atom is -0.334 e. The number of benzene rings is 1. The van der Waals surface area contributed by atoms with Gasteiger partial charge in [0.1, 0.15) is 5.82 Å². The maximum Gasteiger partial charge on any atom is 0.259 e. The van der Waals surface area contributed by atoms with Crippen molar-refractivity contribution >= 4 is 34.2 Å². The molecule has 0 amide bonds. The Morgan fingerprint density at radius 1 is 1.47 bits per heavy atom. The van der Waals surface area contributed by atoms with Crippen molar-refractivity contribution in [2.24, 2.45) is 0 Å². The zero-order valence-electron chi connectivity index (χ0n) is 7.38. The summed E-state index contributed by atoms with van der Waals surface area (Å²) < 4.78 is 18.6. The lowest BCUT2D eigenvalue weighted by Crippen LogP contribution is -1.85.